The van der Waals surface area contributed by atoms with Gasteiger partial charge in [-0.1, -0.05) is 24.3 Å². The first kappa shape index (κ1) is 18.3. The van der Waals surface area contributed by atoms with Gasteiger partial charge in [0.25, 0.3) is 5.91 Å². The molecule has 146 valence electrons. The number of hydrogen-bond donors (Lipinski definition) is 1. The lowest BCUT2D eigenvalue weighted by Crippen LogP contribution is -2.42. The molecule has 6 nitrogen and oxygen atoms in total. The van der Waals surface area contributed by atoms with Gasteiger partial charge in [-0.25, -0.2) is 0 Å². The van der Waals surface area contributed by atoms with Crippen LogP contribution in [0.5, 0.6) is 5.75 Å². The number of fused-ring (bicyclic) bond motifs is 2. The molecule has 4 rings (SSSR count). The zero-order valence-corrected chi connectivity index (χ0v) is 16.1. The zero-order valence-electron chi connectivity index (χ0n) is 16.1. The maximum atomic E-state index is 13.1. The van der Waals surface area contributed by atoms with E-state index in [0.717, 1.165) is 17.0 Å². The van der Waals surface area contributed by atoms with Gasteiger partial charge in [-0.3, -0.25) is 9.59 Å². The SMILES string of the molecule is CN(C)c1cccc(C(=O)N2CC3COc4ccccc4CC3(C(=O)O)C2)c1. The van der Waals surface area contributed by atoms with Crippen molar-refractivity contribution in [3.63, 3.8) is 0 Å². The first-order valence-corrected chi connectivity index (χ1v) is 9.41. The van der Waals surface area contributed by atoms with Crippen molar-refractivity contribution in [2.75, 3.05) is 38.7 Å². The van der Waals surface area contributed by atoms with Gasteiger partial charge in [0.1, 0.15) is 5.75 Å². The van der Waals surface area contributed by atoms with Crippen LogP contribution in [0.25, 0.3) is 0 Å². The Morgan fingerprint density at radius 2 is 1.96 bits per heavy atom. The summed E-state index contributed by atoms with van der Waals surface area (Å²) in [6.07, 6.45) is 0.366. The Balaban J connectivity index is 1.64. The summed E-state index contributed by atoms with van der Waals surface area (Å²) in [6, 6.07) is 15.0. The molecular formula is C22H24N2O4. The molecule has 1 fully saturated rings. The Bertz CT molecular complexity index is 926. The predicted octanol–water partition coefficient (Wildman–Crippen LogP) is 2.53. The van der Waals surface area contributed by atoms with Crippen LogP contribution >= 0.6 is 0 Å². The summed E-state index contributed by atoms with van der Waals surface area (Å²) in [6.45, 7) is 0.867. The molecule has 1 saturated heterocycles. The Kier molecular flexibility index (Phi) is 4.49. The van der Waals surface area contributed by atoms with E-state index in [1.807, 2.05) is 61.5 Å². The molecule has 1 amide bonds. The van der Waals surface area contributed by atoms with Gasteiger partial charge >= 0.3 is 5.97 Å². The lowest BCUT2D eigenvalue weighted by atomic mass is 9.74. The van der Waals surface area contributed by atoms with Crippen molar-refractivity contribution in [1.29, 1.82) is 0 Å². The highest BCUT2D eigenvalue weighted by atomic mass is 16.5. The van der Waals surface area contributed by atoms with Crippen molar-refractivity contribution in [2.24, 2.45) is 11.3 Å². The number of amides is 1. The van der Waals surface area contributed by atoms with E-state index in [4.69, 9.17) is 4.74 Å². The highest BCUT2D eigenvalue weighted by molar-refractivity contribution is 5.96. The van der Waals surface area contributed by atoms with E-state index >= 15 is 0 Å². The summed E-state index contributed by atoms with van der Waals surface area (Å²) >= 11 is 0. The number of anilines is 1. The van der Waals surface area contributed by atoms with Gasteiger partial charge in [-0.2, -0.15) is 0 Å². The summed E-state index contributed by atoms with van der Waals surface area (Å²) in [7, 11) is 3.84. The number of para-hydroxylation sites is 1. The number of likely N-dealkylation sites (tertiary alicyclic amines) is 1. The Hall–Kier alpha value is -3.02. The van der Waals surface area contributed by atoms with Crippen molar-refractivity contribution in [3.8, 4) is 5.75 Å². The van der Waals surface area contributed by atoms with Crippen molar-refractivity contribution in [1.82, 2.24) is 4.90 Å². The number of nitrogens with zero attached hydrogens (tertiary/aromatic N) is 2. The molecule has 2 aliphatic heterocycles. The molecular weight excluding hydrogens is 356 g/mol. The van der Waals surface area contributed by atoms with Crippen molar-refractivity contribution < 1.29 is 19.4 Å². The second-order valence-electron chi connectivity index (χ2n) is 7.88. The van der Waals surface area contributed by atoms with Crippen LogP contribution in [0.15, 0.2) is 48.5 Å². The van der Waals surface area contributed by atoms with Gasteiger partial charge in [0, 0.05) is 44.4 Å². The van der Waals surface area contributed by atoms with E-state index < -0.39 is 11.4 Å². The van der Waals surface area contributed by atoms with Crippen LogP contribution in [-0.4, -0.2) is 55.7 Å². The fraction of sp³-hybridized carbons (Fsp3) is 0.364. The third-order valence-electron chi connectivity index (χ3n) is 5.94. The minimum atomic E-state index is -1.03. The standard InChI is InChI=1S/C22H24N2O4/c1-23(2)18-8-5-7-15(10-18)20(25)24-12-17-13-28-19-9-4-3-6-16(19)11-22(17,14-24)21(26)27/h3-10,17H,11-14H2,1-2H3,(H,26,27). The van der Waals surface area contributed by atoms with E-state index in [0.29, 0.717) is 25.1 Å². The van der Waals surface area contributed by atoms with Crippen LogP contribution in [0, 0.1) is 11.3 Å². The number of carboxylic acids is 1. The van der Waals surface area contributed by atoms with Crippen LogP contribution in [0.1, 0.15) is 15.9 Å². The summed E-state index contributed by atoms with van der Waals surface area (Å²) in [5.41, 5.74) is 1.37. The van der Waals surface area contributed by atoms with Crippen molar-refractivity contribution >= 4 is 17.6 Å². The fourth-order valence-corrected chi connectivity index (χ4v) is 4.28. The van der Waals surface area contributed by atoms with E-state index in [1.165, 1.54) is 0 Å². The number of carbonyl (C=O) groups is 2. The van der Waals surface area contributed by atoms with Gasteiger partial charge in [-0.15, -0.1) is 0 Å². The van der Waals surface area contributed by atoms with Crippen LogP contribution in [0.3, 0.4) is 0 Å². The van der Waals surface area contributed by atoms with Crippen LogP contribution in [0.2, 0.25) is 0 Å². The number of benzene rings is 2. The number of carboxylic acid groups (broad SMARTS) is 1. The number of aliphatic carboxylic acids is 1. The zero-order chi connectivity index (χ0) is 19.9. The second kappa shape index (κ2) is 6.86. The summed E-state index contributed by atoms with van der Waals surface area (Å²) < 4.78 is 5.91. The Labute approximate surface area is 164 Å². The van der Waals surface area contributed by atoms with Gasteiger partial charge in [0.15, 0.2) is 0 Å². The molecule has 2 aromatic carbocycles. The molecule has 2 atom stereocenters. The highest BCUT2D eigenvalue weighted by Gasteiger charge is 2.55. The molecule has 2 unspecified atom stereocenters. The average Bonchev–Trinajstić information content (AvgIpc) is 2.98. The lowest BCUT2D eigenvalue weighted by Gasteiger charge is -2.27. The maximum Gasteiger partial charge on any atom is 0.312 e. The van der Waals surface area contributed by atoms with E-state index in [-0.39, 0.29) is 18.4 Å². The molecule has 2 heterocycles. The Morgan fingerprint density at radius 3 is 2.71 bits per heavy atom. The van der Waals surface area contributed by atoms with Crippen LogP contribution in [0.4, 0.5) is 5.69 Å². The van der Waals surface area contributed by atoms with E-state index in [9.17, 15) is 14.7 Å². The van der Waals surface area contributed by atoms with Gasteiger partial charge < -0.3 is 19.6 Å². The monoisotopic (exact) mass is 380 g/mol. The molecule has 28 heavy (non-hydrogen) atoms. The minimum absolute atomic E-state index is 0.134. The second-order valence-corrected chi connectivity index (χ2v) is 7.88. The topological polar surface area (TPSA) is 70.1 Å². The highest BCUT2D eigenvalue weighted by Crippen LogP contribution is 2.44. The third-order valence-corrected chi connectivity index (χ3v) is 5.94. The Morgan fingerprint density at radius 1 is 1.18 bits per heavy atom. The van der Waals surface area contributed by atoms with Crippen LogP contribution < -0.4 is 9.64 Å². The predicted molar refractivity (Wildman–Crippen MR) is 106 cm³/mol. The number of hydrogen-bond acceptors (Lipinski definition) is 4. The third kappa shape index (κ3) is 2.99. The lowest BCUT2D eigenvalue weighted by molar-refractivity contribution is -0.150. The molecule has 0 saturated carbocycles. The molecule has 0 aliphatic carbocycles. The number of ether oxygens (including phenoxy) is 1. The molecule has 1 N–H and O–H groups in total. The molecule has 0 aromatic heterocycles. The fourth-order valence-electron chi connectivity index (χ4n) is 4.28. The number of carbonyl (C=O) groups excluding carboxylic acids is 1. The summed E-state index contributed by atoms with van der Waals surface area (Å²) in [4.78, 5) is 29.1. The molecule has 0 radical (unpaired) electrons. The average molecular weight is 380 g/mol. The van der Waals surface area contributed by atoms with Gasteiger partial charge in [-0.05, 0) is 36.2 Å². The largest absolute Gasteiger partial charge is 0.493 e. The minimum Gasteiger partial charge on any atom is -0.493 e. The van der Waals surface area contributed by atoms with Crippen molar-refractivity contribution in [2.45, 2.75) is 6.42 Å². The summed E-state index contributed by atoms with van der Waals surface area (Å²) in [5, 5.41) is 10.1. The normalized spacial score (nSPS) is 23.2. The van der Waals surface area contributed by atoms with E-state index in [2.05, 4.69) is 0 Å². The van der Waals surface area contributed by atoms with Gasteiger partial charge in [0.2, 0.25) is 0 Å². The molecule has 6 heteroatoms. The first-order valence-electron chi connectivity index (χ1n) is 9.41. The van der Waals surface area contributed by atoms with Crippen LogP contribution in [-0.2, 0) is 11.2 Å². The molecule has 2 aromatic rings. The maximum absolute atomic E-state index is 13.1. The quantitative estimate of drug-likeness (QED) is 0.886. The van der Waals surface area contributed by atoms with Gasteiger partial charge in [0.05, 0.1) is 12.0 Å². The van der Waals surface area contributed by atoms with E-state index in [1.54, 1.807) is 11.0 Å². The molecule has 0 bridgehead atoms. The molecule has 0 spiro atoms. The molecule has 2 aliphatic rings. The van der Waals surface area contributed by atoms with Crippen molar-refractivity contribution in [3.05, 3.63) is 59.7 Å². The first-order chi connectivity index (χ1) is 13.4. The summed E-state index contributed by atoms with van der Waals surface area (Å²) in [5.74, 6) is -0.506. The number of rotatable bonds is 3. The smallest absolute Gasteiger partial charge is 0.312 e.